The van der Waals surface area contributed by atoms with Gasteiger partial charge in [0.15, 0.2) is 0 Å². The Balaban J connectivity index is 1.51. The second-order valence-electron chi connectivity index (χ2n) is 11.2. The van der Waals surface area contributed by atoms with Gasteiger partial charge in [0.1, 0.15) is 17.7 Å². The molecular formula is C24H34N6O3. The maximum absolute atomic E-state index is 13.2. The van der Waals surface area contributed by atoms with Gasteiger partial charge in [-0.15, -0.1) is 0 Å². The molecule has 1 fully saturated rings. The van der Waals surface area contributed by atoms with Crippen molar-refractivity contribution in [3.63, 3.8) is 0 Å². The fourth-order valence-corrected chi connectivity index (χ4v) is 5.24. The van der Waals surface area contributed by atoms with Crippen molar-refractivity contribution in [2.45, 2.75) is 78.9 Å². The number of fused-ring (bicyclic) bond motifs is 1. The fourth-order valence-electron chi connectivity index (χ4n) is 5.24. The summed E-state index contributed by atoms with van der Waals surface area (Å²) in [6, 6.07) is 1.79. The zero-order valence-corrected chi connectivity index (χ0v) is 20.1. The molecule has 1 saturated carbocycles. The van der Waals surface area contributed by atoms with Gasteiger partial charge in [0.25, 0.3) is 0 Å². The van der Waals surface area contributed by atoms with Crippen molar-refractivity contribution in [1.29, 1.82) is 0 Å². The molecule has 0 spiro atoms. The summed E-state index contributed by atoms with van der Waals surface area (Å²) in [4.78, 5) is 33.5. The summed E-state index contributed by atoms with van der Waals surface area (Å²) in [6.45, 7) is 11.4. The van der Waals surface area contributed by atoms with Crippen LogP contribution in [0.4, 0.5) is 10.6 Å². The van der Waals surface area contributed by atoms with Crippen molar-refractivity contribution in [2.75, 3.05) is 5.32 Å². The van der Waals surface area contributed by atoms with Crippen LogP contribution in [0.15, 0.2) is 18.6 Å². The number of amides is 2. The molecule has 4 rings (SSSR count). The molecule has 0 radical (unpaired) electrons. The monoisotopic (exact) mass is 454 g/mol. The predicted molar refractivity (Wildman–Crippen MR) is 124 cm³/mol. The summed E-state index contributed by atoms with van der Waals surface area (Å²) in [7, 11) is 0. The summed E-state index contributed by atoms with van der Waals surface area (Å²) in [5.41, 5.74) is 7.29. The number of nitrogens with one attached hydrogen (secondary N) is 1. The van der Waals surface area contributed by atoms with Gasteiger partial charge in [-0.3, -0.25) is 9.48 Å². The molecule has 3 N–H and O–H groups in total. The van der Waals surface area contributed by atoms with Crippen molar-refractivity contribution in [3.8, 4) is 11.3 Å². The minimum absolute atomic E-state index is 0.137. The van der Waals surface area contributed by atoms with Gasteiger partial charge in [0.2, 0.25) is 5.91 Å². The molecule has 2 amide bonds. The van der Waals surface area contributed by atoms with Crippen molar-refractivity contribution in [1.82, 2.24) is 19.7 Å². The van der Waals surface area contributed by atoms with Crippen LogP contribution in [0.3, 0.4) is 0 Å². The zero-order valence-electron chi connectivity index (χ0n) is 20.1. The summed E-state index contributed by atoms with van der Waals surface area (Å²) < 4.78 is 7.66. The lowest BCUT2D eigenvalue weighted by Gasteiger charge is -2.47. The largest absolute Gasteiger partial charge is 0.443 e. The standard InChI is InChI=1S/C24H34N6O3/c1-22(2,3)24(33-21(25)32)8-6-7-15(10-24)20(31)29-19-9-17(26-14-27-19)16-12-28-30-13-23(4,5)11-18(16)30/h9,12,14-15H,6-8,10-11,13H2,1-5H3,(H2,25,32)(H,26,27,29,31)/t15-,24+/m0/s1. The maximum atomic E-state index is 13.2. The highest BCUT2D eigenvalue weighted by atomic mass is 16.6. The minimum Gasteiger partial charge on any atom is -0.443 e. The molecule has 2 aromatic rings. The van der Waals surface area contributed by atoms with Gasteiger partial charge in [-0.05, 0) is 37.5 Å². The molecule has 33 heavy (non-hydrogen) atoms. The van der Waals surface area contributed by atoms with Crippen LogP contribution in [-0.2, 0) is 22.5 Å². The lowest BCUT2D eigenvalue weighted by molar-refractivity contribution is -0.132. The Bertz CT molecular complexity index is 1070. The van der Waals surface area contributed by atoms with Crippen LogP contribution in [-0.4, -0.2) is 37.3 Å². The number of ether oxygens (including phenoxy) is 1. The topological polar surface area (TPSA) is 125 Å². The van der Waals surface area contributed by atoms with E-state index in [2.05, 4.69) is 34.2 Å². The van der Waals surface area contributed by atoms with E-state index in [1.54, 1.807) is 6.07 Å². The average molecular weight is 455 g/mol. The fraction of sp³-hybridized carbons (Fsp3) is 0.625. The van der Waals surface area contributed by atoms with E-state index in [1.807, 2.05) is 31.6 Å². The second kappa shape index (κ2) is 8.11. The van der Waals surface area contributed by atoms with Crippen molar-refractivity contribution >= 4 is 17.8 Å². The van der Waals surface area contributed by atoms with Crippen LogP contribution in [0.2, 0.25) is 0 Å². The summed E-state index contributed by atoms with van der Waals surface area (Å²) in [5, 5.41) is 7.46. The van der Waals surface area contributed by atoms with Gasteiger partial charge in [-0.1, -0.05) is 34.6 Å². The first-order valence-electron chi connectivity index (χ1n) is 11.6. The predicted octanol–water partition coefficient (Wildman–Crippen LogP) is 3.93. The number of nitrogens with two attached hydrogens (primary N) is 1. The second-order valence-corrected chi connectivity index (χ2v) is 11.2. The van der Waals surface area contributed by atoms with E-state index < -0.39 is 11.7 Å². The molecule has 9 heteroatoms. The Morgan fingerprint density at radius 3 is 2.73 bits per heavy atom. The molecule has 3 heterocycles. The Morgan fingerprint density at radius 2 is 2.03 bits per heavy atom. The Labute approximate surface area is 194 Å². The van der Waals surface area contributed by atoms with Crippen LogP contribution < -0.4 is 11.1 Å². The Kier molecular flexibility index (Phi) is 5.70. The number of primary amides is 1. The third-order valence-corrected chi connectivity index (χ3v) is 7.11. The highest BCUT2D eigenvalue weighted by molar-refractivity contribution is 5.92. The van der Waals surface area contributed by atoms with E-state index in [9.17, 15) is 9.59 Å². The number of hydrogen-bond donors (Lipinski definition) is 2. The molecular weight excluding hydrogens is 420 g/mol. The summed E-state index contributed by atoms with van der Waals surface area (Å²) in [5.74, 6) is 0.00399. The molecule has 0 unspecified atom stereocenters. The zero-order chi connectivity index (χ0) is 24.0. The first-order valence-corrected chi connectivity index (χ1v) is 11.6. The molecule has 0 bridgehead atoms. The number of hydrogen-bond acceptors (Lipinski definition) is 6. The van der Waals surface area contributed by atoms with Gasteiger partial charge in [0, 0.05) is 35.2 Å². The lowest BCUT2D eigenvalue weighted by Crippen LogP contribution is -2.52. The van der Waals surface area contributed by atoms with Crippen LogP contribution in [0.5, 0.6) is 0 Å². The normalized spacial score (nSPS) is 24.2. The van der Waals surface area contributed by atoms with Crippen LogP contribution in [0.25, 0.3) is 11.3 Å². The Hall–Kier alpha value is -2.97. The third kappa shape index (κ3) is 4.58. The van der Waals surface area contributed by atoms with Crippen molar-refractivity contribution in [3.05, 3.63) is 24.3 Å². The van der Waals surface area contributed by atoms with Crippen molar-refractivity contribution < 1.29 is 14.3 Å². The summed E-state index contributed by atoms with van der Waals surface area (Å²) in [6.07, 6.45) is 6.02. The van der Waals surface area contributed by atoms with Crippen molar-refractivity contribution in [2.24, 2.45) is 22.5 Å². The number of aromatic nitrogens is 4. The molecule has 9 nitrogen and oxygen atoms in total. The van der Waals surface area contributed by atoms with Crippen LogP contribution in [0, 0.1) is 16.7 Å². The van der Waals surface area contributed by atoms with E-state index in [-0.39, 0.29) is 22.7 Å². The minimum atomic E-state index is -0.802. The van der Waals surface area contributed by atoms with Crippen LogP contribution in [0.1, 0.15) is 66.0 Å². The van der Waals surface area contributed by atoms with Gasteiger partial charge >= 0.3 is 6.09 Å². The number of carbonyl (C=O) groups is 2. The van der Waals surface area contributed by atoms with Gasteiger partial charge in [0.05, 0.1) is 11.9 Å². The molecule has 2 aliphatic rings. The molecule has 1 aliphatic carbocycles. The van der Waals surface area contributed by atoms with E-state index in [1.165, 1.54) is 6.33 Å². The van der Waals surface area contributed by atoms with E-state index in [0.29, 0.717) is 18.7 Å². The smallest absolute Gasteiger partial charge is 0.405 e. The summed E-state index contributed by atoms with van der Waals surface area (Å²) >= 11 is 0. The van der Waals surface area contributed by atoms with E-state index in [0.717, 1.165) is 42.8 Å². The third-order valence-electron chi connectivity index (χ3n) is 7.11. The van der Waals surface area contributed by atoms with Crippen LogP contribution >= 0.6 is 0 Å². The van der Waals surface area contributed by atoms with E-state index in [4.69, 9.17) is 10.5 Å². The lowest BCUT2D eigenvalue weighted by atomic mass is 9.65. The maximum Gasteiger partial charge on any atom is 0.405 e. The van der Waals surface area contributed by atoms with Gasteiger partial charge < -0.3 is 15.8 Å². The number of carbonyl (C=O) groups excluding carboxylic acids is 2. The first kappa shape index (κ1) is 23.2. The highest BCUT2D eigenvalue weighted by Gasteiger charge is 2.49. The van der Waals surface area contributed by atoms with E-state index >= 15 is 0 Å². The molecule has 1 aliphatic heterocycles. The Morgan fingerprint density at radius 1 is 1.27 bits per heavy atom. The highest BCUT2D eigenvalue weighted by Crippen LogP contribution is 2.47. The molecule has 0 saturated heterocycles. The molecule has 178 valence electrons. The molecule has 2 aromatic heterocycles. The van der Waals surface area contributed by atoms with Gasteiger partial charge in [-0.2, -0.15) is 5.10 Å². The first-order chi connectivity index (χ1) is 15.4. The average Bonchev–Trinajstić information content (AvgIpc) is 3.22. The quantitative estimate of drug-likeness (QED) is 0.721. The number of rotatable bonds is 4. The van der Waals surface area contributed by atoms with Gasteiger partial charge in [-0.25, -0.2) is 14.8 Å². The molecule has 2 atom stereocenters. The SMILES string of the molecule is CC1(C)Cc2c(-c3cc(NC(=O)[C@H]4CCC[C@](OC(N)=O)(C(C)(C)C)C4)ncn3)cnn2C1. The number of anilines is 1. The number of nitrogens with zero attached hydrogens (tertiary/aromatic N) is 4. The molecule has 0 aromatic carbocycles.